The second-order valence-corrected chi connectivity index (χ2v) is 8.03. The summed E-state index contributed by atoms with van der Waals surface area (Å²) in [6.45, 7) is 1.53. The Labute approximate surface area is 151 Å². The van der Waals surface area contributed by atoms with Gasteiger partial charge in [0.1, 0.15) is 17.1 Å². The molecule has 9 heteroatoms. The largest absolute Gasteiger partial charge is 0.477 e. The Morgan fingerprint density at radius 1 is 1.32 bits per heavy atom. The number of amides is 2. The molecule has 2 aliphatic rings. The summed E-state index contributed by atoms with van der Waals surface area (Å²) in [6.07, 6.45) is 0.0713. The topological polar surface area (TPSA) is 104 Å². The van der Waals surface area contributed by atoms with Gasteiger partial charge < -0.3 is 10.4 Å². The molecule has 0 radical (unpaired) electrons. The van der Waals surface area contributed by atoms with Crippen LogP contribution in [0.5, 0.6) is 0 Å². The van der Waals surface area contributed by atoms with Crippen LogP contribution in [0.1, 0.15) is 12.5 Å². The number of benzene rings is 1. The van der Waals surface area contributed by atoms with Gasteiger partial charge in [-0.15, -0.1) is 0 Å². The molecule has 0 saturated carbocycles. The number of hydrogen-bond acceptors (Lipinski definition) is 4. The molecule has 0 bridgehead atoms. The van der Waals surface area contributed by atoms with Crippen LogP contribution < -0.4 is 5.32 Å². The summed E-state index contributed by atoms with van der Waals surface area (Å²) in [4.78, 5) is 36.8. The molecule has 2 aliphatic heterocycles. The first-order valence-electron chi connectivity index (χ1n) is 7.51. The number of fused-ring (bicyclic) bond motifs is 1. The van der Waals surface area contributed by atoms with Crippen LogP contribution in [-0.2, 0) is 31.6 Å². The van der Waals surface area contributed by atoms with E-state index in [2.05, 4.69) is 5.32 Å². The first-order valence-corrected chi connectivity index (χ1v) is 9.17. The summed E-state index contributed by atoms with van der Waals surface area (Å²) in [5, 5.41) is 10.1. The third-order valence-electron chi connectivity index (χ3n) is 4.18. The molecule has 132 valence electrons. The molecule has 25 heavy (non-hydrogen) atoms. The highest BCUT2D eigenvalue weighted by Gasteiger charge is 2.58. The molecule has 0 spiro atoms. The number of carbonyl (C=O) groups is 3. The summed E-state index contributed by atoms with van der Waals surface area (Å²) in [5.41, 5.74) is 0.410. The maximum absolute atomic E-state index is 12.5. The van der Waals surface area contributed by atoms with E-state index in [1.54, 1.807) is 24.3 Å². The van der Waals surface area contributed by atoms with Crippen molar-refractivity contribution < 1.29 is 23.7 Å². The van der Waals surface area contributed by atoms with Gasteiger partial charge in [-0.1, -0.05) is 41.9 Å². The van der Waals surface area contributed by atoms with Crippen molar-refractivity contribution in [3.63, 3.8) is 0 Å². The first-order chi connectivity index (χ1) is 11.8. The van der Waals surface area contributed by atoms with Crippen LogP contribution >= 0.6 is 11.6 Å². The van der Waals surface area contributed by atoms with E-state index in [1.165, 1.54) is 6.92 Å². The van der Waals surface area contributed by atoms with Gasteiger partial charge in [-0.05, 0) is 12.5 Å². The second-order valence-electron chi connectivity index (χ2n) is 5.78. The minimum absolute atomic E-state index is 0.0713. The predicted octanol–water partition coefficient (Wildman–Crippen LogP) is 0.568. The fraction of sp³-hybridized carbons (Fsp3) is 0.312. The van der Waals surface area contributed by atoms with Crippen molar-refractivity contribution in [1.82, 2.24) is 10.2 Å². The molecule has 1 fully saturated rings. The lowest BCUT2D eigenvalue weighted by molar-refractivity contribution is -0.150. The standard InChI is InChI=1S/C16H15ClN2O5S/c1-8-11(17)13(16(22)23)19-14(21)12(15(19)25(8)24)18-10(20)7-9-5-3-2-4-6-9/h2-6,8,12,15H,7H2,1H3,(H,18,20)(H,22,23)/t8?,12?,15-,25?/m0/s1. The molecule has 2 heterocycles. The molecule has 0 aromatic heterocycles. The third-order valence-corrected chi connectivity index (χ3v) is 6.71. The number of nitrogens with one attached hydrogen (secondary N) is 1. The number of β-lactam (4-membered cyclic amide) rings is 1. The average molecular weight is 383 g/mol. The van der Waals surface area contributed by atoms with E-state index in [4.69, 9.17) is 11.6 Å². The summed E-state index contributed by atoms with van der Waals surface area (Å²) in [7, 11) is -1.62. The van der Waals surface area contributed by atoms with Gasteiger partial charge in [0.2, 0.25) is 5.91 Å². The van der Waals surface area contributed by atoms with Crippen LogP contribution in [0.4, 0.5) is 0 Å². The number of rotatable bonds is 4. The summed E-state index contributed by atoms with van der Waals surface area (Å²) >= 11 is 5.97. The molecular weight excluding hydrogens is 368 g/mol. The number of halogens is 1. The van der Waals surface area contributed by atoms with E-state index in [-0.39, 0.29) is 17.2 Å². The highest BCUT2D eigenvalue weighted by molar-refractivity contribution is 7.86. The zero-order chi connectivity index (χ0) is 18.3. The van der Waals surface area contributed by atoms with E-state index in [9.17, 15) is 23.7 Å². The van der Waals surface area contributed by atoms with Crippen molar-refractivity contribution in [3.05, 3.63) is 46.6 Å². The fourth-order valence-corrected chi connectivity index (χ4v) is 4.94. The zero-order valence-electron chi connectivity index (χ0n) is 13.1. The van der Waals surface area contributed by atoms with Crippen LogP contribution in [0.2, 0.25) is 0 Å². The Morgan fingerprint density at radius 3 is 2.56 bits per heavy atom. The first kappa shape index (κ1) is 17.6. The number of carboxylic acid groups (broad SMARTS) is 1. The number of nitrogens with zero attached hydrogens (tertiary/aromatic N) is 1. The van der Waals surface area contributed by atoms with E-state index in [1.807, 2.05) is 6.07 Å². The number of aliphatic carboxylic acids is 1. The van der Waals surface area contributed by atoms with Crippen LogP contribution in [0.3, 0.4) is 0 Å². The molecule has 2 amide bonds. The van der Waals surface area contributed by atoms with Gasteiger partial charge in [0.25, 0.3) is 5.91 Å². The number of carbonyl (C=O) groups excluding carboxylic acids is 2. The molecular formula is C16H15ClN2O5S. The smallest absolute Gasteiger partial charge is 0.353 e. The maximum Gasteiger partial charge on any atom is 0.353 e. The van der Waals surface area contributed by atoms with Crippen molar-refractivity contribution in [2.75, 3.05) is 0 Å². The SMILES string of the molecule is CC1C(Cl)=C(C(=O)O)N2C(=O)C(NC(=O)Cc3ccccc3)[C@@H]2S1=O. The zero-order valence-corrected chi connectivity index (χ0v) is 14.7. The normalized spacial score (nSPS) is 28.2. The van der Waals surface area contributed by atoms with Crippen molar-refractivity contribution in [2.24, 2.45) is 0 Å². The Morgan fingerprint density at radius 2 is 1.96 bits per heavy atom. The molecule has 1 aromatic carbocycles. The number of carboxylic acids is 1. The lowest BCUT2D eigenvalue weighted by atomic mass is 10.0. The molecule has 1 saturated heterocycles. The van der Waals surface area contributed by atoms with Gasteiger partial charge in [0.05, 0.1) is 27.5 Å². The molecule has 2 N–H and O–H groups in total. The van der Waals surface area contributed by atoms with E-state index in [0.29, 0.717) is 0 Å². The van der Waals surface area contributed by atoms with Gasteiger partial charge in [-0.2, -0.15) is 0 Å². The van der Waals surface area contributed by atoms with Gasteiger partial charge in [-0.25, -0.2) is 4.79 Å². The fourth-order valence-electron chi connectivity index (χ4n) is 2.90. The predicted molar refractivity (Wildman–Crippen MR) is 90.8 cm³/mol. The Hall–Kier alpha value is -2.19. The van der Waals surface area contributed by atoms with Crippen LogP contribution in [0.15, 0.2) is 41.1 Å². The van der Waals surface area contributed by atoms with Crippen molar-refractivity contribution in [2.45, 2.75) is 30.0 Å². The summed E-state index contributed by atoms with van der Waals surface area (Å²) in [5.74, 6) is -2.38. The molecule has 7 nitrogen and oxygen atoms in total. The maximum atomic E-state index is 12.5. The molecule has 4 atom stereocenters. The van der Waals surface area contributed by atoms with Crippen molar-refractivity contribution >= 4 is 40.2 Å². The molecule has 0 aliphatic carbocycles. The van der Waals surface area contributed by atoms with Gasteiger partial charge in [-0.3, -0.25) is 18.7 Å². The third kappa shape index (κ3) is 2.96. The van der Waals surface area contributed by atoms with Crippen molar-refractivity contribution in [3.8, 4) is 0 Å². The Kier molecular flexibility index (Phi) is 4.66. The highest BCUT2D eigenvalue weighted by atomic mass is 35.5. The second kappa shape index (κ2) is 6.61. The molecule has 3 unspecified atom stereocenters. The minimum atomic E-state index is -1.62. The average Bonchev–Trinajstić information content (AvgIpc) is 2.58. The van der Waals surface area contributed by atoms with E-state index >= 15 is 0 Å². The molecule has 3 rings (SSSR count). The Balaban J connectivity index is 1.78. The Bertz CT molecular complexity index is 810. The number of hydrogen-bond donors (Lipinski definition) is 2. The van der Waals surface area contributed by atoms with Gasteiger partial charge >= 0.3 is 5.97 Å². The monoisotopic (exact) mass is 382 g/mol. The van der Waals surface area contributed by atoms with Crippen LogP contribution in [0, 0.1) is 0 Å². The summed E-state index contributed by atoms with van der Waals surface area (Å²) < 4.78 is 12.5. The quantitative estimate of drug-likeness (QED) is 0.741. The van der Waals surface area contributed by atoms with Gasteiger partial charge in [0.15, 0.2) is 0 Å². The highest BCUT2D eigenvalue weighted by Crippen LogP contribution is 2.39. The molecule has 1 aromatic rings. The minimum Gasteiger partial charge on any atom is -0.477 e. The summed E-state index contributed by atoms with van der Waals surface area (Å²) in [6, 6.07) is 7.95. The lowest BCUT2D eigenvalue weighted by Crippen LogP contribution is -2.74. The van der Waals surface area contributed by atoms with Crippen LogP contribution in [-0.4, -0.2) is 48.7 Å². The van der Waals surface area contributed by atoms with Crippen LogP contribution in [0.25, 0.3) is 0 Å². The lowest BCUT2D eigenvalue weighted by Gasteiger charge is -2.49. The van der Waals surface area contributed by atoms with E-state index < -0.39 is 45.2 Å². The van der Waals surface area contributed by atoms with E-state index in [0.717, 1.165) is 10.5 Å². The van der Waals surface area contributed by atoms with Crippen molar-refractivity contribution in [1.29, 1.82) is 0 Å². The van der Waals surface area contributed by atoms with Gasteiger partial charge in [0, 0.05) is 0 Å².